The Labute approximate surface area is 165 Å². The molecule has 144 valence electrons. The van der Waals surface area contributed by atoms with E-state index < -0.39 is 0 Å². The number of amides is 1. The highest BCUT2D eigenvalue weighted by molar-refractivity contribution is 7.07. The van der Waals surface area contributed by atoms with E-state index in [0.717, 1.165) is 30.9 Å². The number of benzene rings is 1. The minimum Gasteiger partial charge on any atom is -0.325 e. The molecule has 1 saturated carbocycles. The van der Waals surface area contributed by atoms with Crippen LogP contribution in [-0.2, 0) is 17.9 Å². The molecule has 0 bridgehead atoms. The number of anilines is 1. The van der Waals surface area contributed by atoms with Gasteiger partial charge < -0.3 is 10.6 Å². The van der Waals surface area contributed by atoms with Gasteiger partial charge in [0.05, 0.1) is 17.2 Å². The van der Waals surface area contributed by atoms with E-state index in [1.165, 1.54) is 31.2 Å². The van der Waals surface area contributed by atoms with Crippen molar-refractivity contribution in [1.29, 1.82) is 0 Å². The first-order valence-electron chi connectivity index (χ1n) is 9.89. The molecular weight excluding hydrogens is 356 g/mol. The van der Waals surface area contributed by atoms with Gasteiger partial charge in [0, 0.05) is 30.2 Å². The summed E-state index contributed by atoms with van der Waals surface area (Å²) in [6.45, 7) is 1.65. The third-order valence-electron chi connectivity index (χ3n) is 5.74. The molecule has 1 saturated heterocycles. The minimum absolute atomic E-state index is 0.0471. The van der Waals surface area contributed by atoms with Gasteiger partial charge in [-0.25, -0.2) is 4.98 Å². The first-order chi connectivity index (χ1) is 13.2. The highest BCUT2D eigenvalue weighted by atomic mass is 32.1. The number of carbonyl (C=O) groups is 1. The number of fused-ring (bicyclic) bond motifs is 1. The van der Waals surface area contributed by atoms with Crippen LogP contribution < -0.4 is 10.6 Å². The molecule has 1 amide bonds. The van der Waals surface area contributed by atoms with Crippen LogP contribution in [0.4, 0.5) is 5.69 Å². The summed E-state index contributed by atoms with van der Waals surface area (Å²) < 4.78 is 0. The van der Waals surface area contributed by atoms with Crippen molar-refractivity contribution in [2.45, 2.75) is 57.3 Å². The fourth-order valence-electron chi connectivity index (χ4n) is 4.46. The van der Waals surface area contributed by atoms with Crippen LogP contribution in [0.5, 0.6) is 0 Å². The first kappa shape index (κ1) is 18.6. The fourth-order valence-corrected chi connectivity index (χ4v) is 5.01. The number of rotatable bonds is 6. The van der Waals surface area contributed by atoms with Gasteiger partial charge in [-0.2, -0.15) is 0 Å². The highest BCUT2D eigenvalue weighted by Crippen LogP contribution is 2.33. The Bertz CT molecular complexity index is 749. The minimum atomic E-state index is -0.0471. The third kappa shape index (κ3) is 4.75. The van der Waals surface area contributed by atoms with E-state index in [1.54, 1.807) is 11.3 Å². The Morgan fingerprint density at radius 3 is 3.04 bits per heavy atom. The molecule has 2 fully saturated rings. The van der Waals surface area contributed by atoms with Crippen molar-refractivity contribution in [2.24, 2.45) is 5.92 Å². The van der Waals surface area contributed by atoms with E-state index in [0.29, 0.717) is 12.0 Å². The Morgan fingerprint density at radius 2 is 2.22 bits per heavy atom. The summed E-state index contributed by atoms with van der Waals surface area (Å²) >= 11 is 1.63. The number of nitrogens with zero attached hydrogens (tertiary/aromatic N) is 2. The lowest BCUT2D eigenvalue weighted by Crippen LogP contribution is -2.39. The van der Waals surface area contributed by atoms with Crippen LogP contribution in [0.2, 0.25) is 0 Å². The summed E-state index contributed by atoms with van der Waals surface area (Å²) in [4.78, 5) is 19.3. The Morgan fingerprint density at radius 1 is 1.33 bits per heavy atom. The van der Waals surface area contributed by atoms with Gasteiger partial charge in [0.15, 0.2) is 0 Å². The van der Waals surface area contributed by atoms with E-state index in [2.05, 4.69) is 45.1 Å². The summed E-state index contributed by atoms with van der Waals surface area (Å²) in [7, 11) is 2.09. The second-order valence-corrected chi connectivity index (χ2v) is 8.67. The van der Waals surface area contributed by atoms with Crippen LogP contribution in [0.3, 0.4) is 0 Å². The van der Waals surface area contributed by atoms with Crippen LogP contribution in [-0.4, -0.2) is 34.9 Å². The second kappa shape index (κ2) is 8.50. The summed E-state index contributed by atoms with van der Waals surface area (Å²) in [6, 6.07) is 8.68. The van der Waals surface area contributed by atoms with Gasteiger partial charge in [-0.3, -0.25) is 9.69 Å². The zero-order valence-corrected chi connectivity index (χ0v) is 16.7. The van der Waals surface area contributed by atoms with Crippen molar-refractivity contribution in [3.63, 3.8) is 0 Å². The molecule has 5 nitrogen and oxygen atoms in total. The van der Waals surface area contributed by atoms with Crippen LogP contribution >= 0.6 is 11.3 Å². The summed E-state index contributed by atoms with van der Waals surface area (Å²) in [5.74, 6) is 0.789. The predicted molar refractivity (Wildman–Crippen MR) is 110 cm³/mol. The number of hydrogen-bond donors (Lipinski definition) is 2. The average molecular weight is 385 g/mol. The summed E-state index contributed by atoms with van der Waals surface area (Å²) in [5, 5.41) is 8.76. The monoisotopic (exact) mass is 384 g/mol. The highest BCUT2D eigenvalue weighted by Gasteiger charge is 2.38. The van der Waals surface area contributed by atoms with Crippen LogP contribution in [0.25, 0.3) is 0 Å². The van der Waals surface area contributed by atoms with Gasteiger partial charge in [-0.15, -0.1) is 11.3 Å². The average Bonchev–Trinajstić information content (AvgIpc) is 3.31. The summed E-state index contributed by atoms with van der Waals surface area (Å²) in [6.07, 6.45) is 6.07. The molecule has 6 heteroatoms. The Balaban J connectivity index is 1.33. The number of hydrogen-bond acceptors (Lipinski definition) is 5. The van der Waals surface area contributed by atoms with E-state index in [1.807, 2.05) is 17.6 Å². The number of aromatic nitrogens is 1. The molecule has 2 aliphatic rings. The predicted octanol–water partition coefficient (Wildman–Crippen LogP) is 3.63. The lowest BCUT2D eigenvalue weighted by Gasteiger charge is -2.24. The molecule has 1 aromatic carbocycles. The van der Waals surface area contributed by atoms with Gasteiger partial charge in [0.1, 0.15) is 0 Å². The van der Waals surface area contributed by atoms with E-state index in [4.69, 9.17) is 0 Å². The Hall–Kier alpha value is -1.76. The van der Waals surface area contributed by atoms with Crippen molar-refractivity contribution < 1.29 is 4.79 Å². The SMILES string of the molecule is CN(Cc1cccc(NC(=O)C2CC3CCCCC3N2)c1)Cc1cscn1. The van der Waals surface area contributed by atoms with Crippen molar-refractivity contribution in [2.75, 3.05) is 12.4 Å². The molecule has 2 N–H and O–H groups in total. The molecular formula is C21H28N4OS. The number of nitrogens with one attached hydrogen (secondary N) is 2. The molecule has 4 rings (SSSR count). The maximum absolute atomic E-state index is 12.7. The standard InChI is InChI=1S/C21H28N4OS/c1-25(12-18-13-27-14-22-18)11-15-5-4-7-17(9-15)23-21(26)20-10-16-6-2-3-8-19(16)24-20/h4-5,7,9,13-14,16,19-20,24H,2-3,6,8,10-12H2,1H3,(H,23,26). The van der Waals surface area contributed by atoms with Gasteiger partial charge in [0.2, 0.25) is 5.91 Å². The van der Waals surface area contributed by atoms with Crippen LogP contribution in [0.15, 0.2) is 35.2 Å². The molecule has 0 spiro atoms. The van der Waals surface area contributed by atoms with Crippen LogP contribution in [0, 0.1) is 5.92 Å². The molecule has 1 aliphatic heterocycles. The van der Waals surface area contributed by atoms with Crippen molar-refractivity contribution >= 4 is 22.9 Å². The second-order valence-electron chi connectivity index (χ2n) is 7.95. The van der Waals surface area contributed by atoms with Crippen molar-refractivity contribution in [3.8, 4) is 0 Å². The lowest BCUT2D eigenvalue weighted by molar-refractivity contribution is -0.117. The molecule has 0 radical (unpaired) electrons. The lowest BCUT2D eigenvalue weighted by atomic mass is 9.85. The van der Waals surface area contributed by atoms with Gasteiger partial charge in [-0.05, 0) is 49.9 Å². The fraction of sp³-hybridized carbons (Fsp3) is 0.524. The van der Waals surface area contributed by atoms with Gasteiger partial charge >= 0.3 is 0 Å². The maximum Gasteiger partial charge on any atom is 0.241 e. The Kier molecular flexibility index (Phi) is 5.86. The third-order valence-corrected chi connectivity index (χ3v) is 6.38. The zero-order valence-electron chi connectivity index (χ0n) is 15.9. The molecule has 2 heterocycles. The van der Waals surface area contributed by atoms with E-state index in [9.17, 15) is 4.79 Å². The number of thiazole rings is 1. The quantitative estimate of drug-likeness (QED) is 0.798. The number of carbonyl (C=O) groups excluding carboxylic acids is 1. The molecule has 1 aliphatic carbocycles. The molecule has 2 aromatic rings. The molecule has 27 heavy (non-hydrogen) atoms. The molecule has 1 aromatic heterocycles. The van der Waals surface area contributed by atoms with Crippen molar-refractivity contribution in [3.05, 3.63) is 46.4 Å². The summed E-state index contributed by atoms with van der Waals surface area (Å²) in [5.41, 5.74) is 5.04. The topological polar surface area (TPSA) is 57.3 Å². The smallest absolute Gasteiger partial charge is 0.241 e. The molecule has 3 unspecified atom stereocenters. The van der Waals surface area contributed by atoms with Crippen LogP contribution in [0.1, 0.15) is 43.4 Å². The van der Waals surface area contributed by atoms with Crippen molar-refractivity contribution in [1.82, 2.24) is 15.2 Å². The van der Waals surface area contributed by atoms with E-state index in [-0.39, 0.29) is 11.9 Å². The first-order valence-corrected chi connectivity index (χ1v) is 10.8. The molecule has 3 atom stereocenters. The van der Waals surface area contributed by atoms with Gasteiger partial charge in [-0.1, -0.05) is 25.0 Å². The van der Waals surface area contributed by atoms with E-state index >= 15 is 0 Å². The zero-order chi connectivity index (χ0) is 18.6. The maximum atomic E-state index is 12.7. The largest absolute Gasteiger partial charge is 0.325 e. The normalized spacial score (nSPS) is 24.7. The van der Waals surface area contributed by atoms with Gasteiger partial charge in [0.25, 0.3) is 0 Å².